The lowest BCUT2D eigenvalue weighted by molar-refractivity contribution is 0.477. The molecule has 0 fully saturated rings. The topological polar surface area (TPSA) is 70.1 Å². The Labute approximate surface area is 115 Å². The van der Waals surface area contributed by atoms with E-state index in [1.54, 1.807) is 18.2 Å². The largest absolute Gasteiger partial charge is 0.506 e. The molecule has 19 heavy (non-hydrogen) atoms. The highest BCUT2D eigenvalue weighted by molar-refractivity contribution is 6.30. The molecule has 0 bridgehead atoms. The van der Waals surface area contributed by atoms with Crippen molar-refractivity contribution >= 4 is 23.2 Å². The standard InChI is InChI=1S/C13H13ClN4O/c14-12-8-5-6-15-7-10(8)17-13(18-12)16-9-3-1-2-4-11(9)19/h1-4,15,19H,5-7H2,(H,16,17,18). The van der Waals surface area contributed by atoms with Crippen molar-refractivity contribution in [3.05, 3.63) is 40.7 Å². The van der Waals surface area contributed by atoms with Crippen LogP contribution in [0.5, 0.6) is 5.75 Å². The third kappa shape index (κ3) is 2.47. The molecule has 1 aromatic carbocycles. The van der Waals surface area contributed by atoms with Gasteiger partial charge < -0.3 is 15.7 Å². The maximum absolute atomic E-state index is 9.72. The van der Waals surface area contributed by atoms with Crippen molar-refractivity contribution in [3.8, 4) is 5.75 Å². The van der Waals surface area contributed by atoms with E-state index in [0.29, 0.717) is 23.3 Å². The molecule has 2 heterocycles. The van der Waals surface area contributed by atoms with E-state index in [1.165, 1.54) is 0 Å². The number of halogens is 1. The Morgan fingerprint density at radius 1 is 1.26 bits per heavy atom. The molecule has 98 valence electrons. The van der Waals surface area contributed by atoms with Crippen LogP contribution in [0.15, 0.2) is 24.3 Å². The number of anilines is 2. The molecule has 0 amide bonds. The van der Waals surface area contributed by atoms with Crippen LogP contribution in [0.4, 0.5) is 11.6 Å². The Morgan fingerprint density at radius 2 is 2.11 bits per heavy atom. The number of nitrogens with one attached hydrogen (secondary N) is 2. The maximum atomic E-state index is 9.72. The summed E-state index contributed by atoms with van der Waals surface area (Å²) in [7, 11) is 0. The summed E-state index contributed by atoms with van der Waals surface area (Å²) in [6, 6.07) is 6.93. The van der Waals surface area contributed by atoms with Crippen LogP contribution in [-0.4, -0.2) is 21.6 Å². The molecule has 3 N–H and O–H groups in total. The number of phenolic OH excluding ortho intramolecular Hbond substituents is 1. The van der Waals surface area contributed by atoms with Gasteiger partial charge >= 0.3 is 0 Å². The lowest BCUT2D eigenvalue weighted by Crippen LogP contribution is -2.25. The molecule has 6 heteroatoms. The minimum Gasteiger partial charge on any atom is -0.506 e. The van der Waals surface area contributed by atoms with E-state index < -0.39 is 0 Å². The minimum atomic E-state index is 0.151. The first-order valence-electron chi connectivity index (χ1n) is 6.05. The lowest BCUT2D eigenvalue weighted by Gasteiger charge is -2.18. The predicted molar refractivity (Wildman–Crippen MR) is 73.8 cm³/mol. The second kappa shape index (κ2) is 5.03. The van der Waals surface area contributed by atoms with E-state index >= 15 is 0 Å². The molecule has 1 aromatic heterocycles. The molecule has 2 aromatic rings. The smallest absolute Gasteiger partial charge is 0.229 e. The van der Waals surface area contributed by atoms with Crippen LogP contribution in [0.25, 0.3) is 0 Å². The van der Waals surface area contributed by atoms with Crippen LogP contribution in [-0.2, 0) is 13.0 Å². The van der Waals surface area contributed by atoms with Crippen molar-refractivity contribution < 1.29 is 5.11 Å². The van der Waals surface area contributed by atoms with Gasteiger partial charge in [0.05, 0.1) is 11.4 Å². The number of rotatable bonds is 2. The zero-order valence-electron chi connectivity index (χ0n) is 10.2. The van der Waals surface area contributed by atoms with Gasteiger partial charge in [-0.05, 0) is 25.1 Å². The van der Waals surface area contributed by atoms with Crippen molar-refractivity contribution in [1.29, 1.82) is 0 Å². The summed E-state index contributed by atoms with van der Waals surface area (Å²) in [5.74, 6) is 0.548. The summed E-state index contributed by atoms with van der Waals surface area (Å²) in [6.45, 7) is 1.58. The number of nitrogens with zero attached hydrogens (tertiary/aromatic N) is 2. The minimum absolute atomic E-state index is 0.151. The van der Waals surface area contributed by atoms with Gasteiger partial charge in [-0.2, -0.15) is 0 Å². The van der Waals surface area contributed by atoms with Crippen LogP contribution >= 0.6 is 11.6 Å². The van der Waals surface area contributed by atoms with Gasteiger partial charge in [0, 0.05) is 12.1 Å². The Kier molecular flexibility index (Phi) is 3.23. The van der Waals surface area contributed by atoms with Crippen LogP contribution in [0, 0.1) is 0 Å². The van der Waals surface area contributed by atoms with Crippen molar-refractivity contribution in [1.82, 2.24) is 15.3 Å². The molecule has 5 nitrogen and oxygen atoms in total. The normalized spacial score (nSPS) is 13.9. The molecule has 0 saturated carbocycles. The van der Waals surface area contributed by atoms with E-state index in [-0.39, 0.29) is 5.75 Å². The number of aromatic hydroxyl groups is 1. The molecule has 0 unspecified atom stereocenters. The first-order valence-corrected chi connectivity index (χ1v) is 6.43. The third-order valence-electron chi connectivity index (χ3n) is 3.04. The summed E-state index contributed by atoms with van der Waals surface area (Å²) in [5, 5.41) is 16.4. The van der Waals surface area contributed by atoms with Crippen molar-refractivity contribution in [2.45, 2.75) is 13.0 Å². The lowest BCUT2D eigenvalue weighted by atomic mass is 10.1. The third-order valence-corrected chi connectivity index (χ3v) is 3.35. The van der Waals surface area contributed by atoms with Gasteiger partial charge in [-0.3, -0.25) is 0 Å². The zero-order valence-corrected chi connectivity index (χ0v) is 10.9. The fourth-order valence-electron chi connectivity index (χ4n) is 2.07. The molecule has 0 radical (unpaired) electrons. The van der Waals surface area contributed by atoms with Gasteiger partial charge in [0.25, 0.3) is 0 Å². The average Bonchev–Trinajstić information content (AvgIpc) is 2.42. The molecule has 0 saturated heterocycles. The van der Waals surface area contributed by atoms with Crippen LogP contribution in [0.1, 0.15) is 11.3 Å². The van der Waals surface area contributed by atoms with Crippen molar-refractivity contribution in [2.24, 2.45) is 0 Å². The van der Waals surface area contributed by atoms with E-state index in [0.717, 1.165) is 24.2 Å². The van der Waals surface area contributed by atoms with Crippen molar-refractivity contribution in [3.63, 3.8) is 0 Å². The monoisotopic (exact) mass is 276 g/mol. The van der Waals surface area contributed by atoms with Crippen LogP contribution in [0.3, 0.4) is 0 Å². The van der Waals surface area contributed by atoms with Crippen LogP contribution in [0.2, 0.25) is 5.15 Å². The summed E-state index contributed by atoms with van der Waals surface area (Å²) < 4.78 is 0. The molecule has 1 aliphatic heterocycles. The van der Waals surface area contributed by atoms with Crippen LogP contribution < -0.4 is 10.6 Å². The molecule has 0 aliphatic carbocycles. The fraction of sp³-hybridized carbons (Fsp3) is 0.231. The summed E-state index contributed by atoms with van der Waals surface area (Å²) in [6.07, 6.45) is 0.838. The van der Waals surface area contributed by atoms with Gasteiger partial charge in [-0.1, -0.05) is 23.7 Å². The SMILES string of the molecule is Oc1ccccc1Nc1nc(Cl)c2c(n1)CNCC2. The van der Waals surface area contributed by atoms with Gasteiger partial charge in [0.2, 0.25) is 5.95 Å². The molecule has 1 aliphatic rings. The molecule has 3 rings (SSSR count). The van der Waals surface area contributed by atoms with Crippen molar-refractivity contribution in [2.75, 3.05) is 11.9 Å². The molecule has 0 atom stereocenters. The van der Waals surface area contributed by atoms with Gasteiger partial charge in [-0.15, -0.1) is 0 Å². The number of aromatic nitrogens is 2. The molecule has 0 spiro atoms. The van der Waals surface area contributed by atoms with Gasteiger partial charge in [0.15, 0.2) is 0 Å². The number of para-hydroxylation sites is 2. The Bertz CT molecular complexity index is 618. The highest BCUT2D eigenvalue weighted by Gasteiger charge is 2.16. The number of hydrogen-bond acceptors (Lipinski definition) is 5. The summed E-state index contributed by atoms with van der Waals surface area (Å²) >= 11 is 6.17. The maximum Gasteiger partial charge on any atom is 0.229 e. The van der Waals surface area contributed by atoms with Gasteiger partial charge in [0.1, 0.15) is 10.9 Å². The Morgan fingerprint density at radius 3 is 2.95 bits per heavy atom. The first kappa shape index (κ1) is 12.2. The van der Waals surface area contributed by atoms with E-state index in [1.807, 2.05) is 6.07 Å². The van der Waals surface area contributed by atoms with E-state index in [2.05, 4.69) is 20.6 Å². The summed E-state index contributed by atoms with van der Waals surface area (Å²) in [4.78, 5) is 8.66. The number of benzene rings is 1. The fourth-order valence-corrected chi connectivity index (χ4v) is 2.35. The van der Waals surface area contributed by atoms with E-state index in [4.69, 9.17) is 11.6 Å². The second-order valence-corrected chi connectivity index (χ2v) is 4.69. The summed E-state index contributed by atoms with van der Waals surface area (Å²) in [5.41, 5.74) is 2.47. The predicted octanol–water partition coefficient (Wildman–Crippen LogP) is 2.22. The number of hydrogen-bond donors (Lipinski definition) is 3. The second-order valence-electron chi connectivity index (χ2n) is 4.33. The van der Waals surface area contributed by atoms with E-state index in [9.17, 15) is 5.11 Å². The number of phenols is 1. The van der Waals surface area contributed by atoms with Gasteiger partial charge in [-0.25, -0.2) is 9.97 Å². The zero-order chi connectivity index (χ0) is 13.2. The Balaban J connectivity index is 1.94. The first-order chi connectivity index (χ1) is 9.24. The number of fused-ring (bicyclic) bond motifs is 1. The molecular formula is C13H13ClN4O. The highest BCUT2D eigenvalue weighted by atomic mass is 35.5. The quantitative estimate of drug-likeness (QED) is 0.580. The Hall–Kier alpha value is -1.85. The molecular weight excluding hydrogens is 264 g/mol. The average molecular weight is 277 g/mol. The highest BCUT2D eigenvalue weighted by Crippen LogP contribution is 2.27.